The number of hydrogen-bond donors (Lipinski definition) is 5. The second-order valence-electron chi connectivity index (χ2n) is 8.23. The maximum absolute atomic E-state index is 12.5. The molecular formula is C25H27N5O5. The van der Waals surface area contributed by atoms with Crippen molar-refractivity contribution in [2.75, 3.05) is 11.5 Å². The van der Waals surface area contributed by atoms with Crippen molar-refractivity contribution in [2.45, 2.75) is 38.1 Å². The molecule has 0 radical (unpaired) electrons. The minimum Gasteiger partial charge on any atom is -0.480 e. The Kier molecular flexibility index (Phi) is 7.65. The number of aliphatic carboxylic acids is 2. The molecule has 0 aliphatic carbocycles. The number of nitrogens with two attached hydrogens (primary N) is 2. The van der Waals surface area contributed by atoms with Gasteiger partial charge in [-0.2, -0.15) is 4.98 Å². The first-order chi connectivity index (χ1) is 16.6. The summed E-state index contributed by atoms with van der Waals surface area (Å²) in [5, 5.41) is 21.3. The van der Waals surface area contributed by atoms with Crippen LogP contribution in [0.2, 0.25) is 0 Å². The molecule has 2 aromatic carbocycles. The standard InChI is InChI=1S/C25H27N5O5/c1-3-15(11-14-4-9-19-18(12-14)21(26)30-25(27)29-19)16-5-7-17(8-6-16)22(31)28-20(24(34)35)10-13(2)23(32)33/h4-9,12,15,20H,2-3,10-11H2,1H3,(H,28,31)(H,32,33)(H,34,35)(H4,26,27,29,30). The molecule has 3 rings (SSSR count). The molecule has 0 aliphatic heterocycles. The van der Waals surface area contributed by atoms with Crippen molar-refractivity contribution in [3.8, 4) is 0 Å². The summed E-state index contributed by atoms with van der Waals surface area (Å²) in [5.41, 5.74) is 14.4. The lowest BCUT2D eigenvalue weighted by molar-refractivity contribution is -0.139. The lowest BCUT2D eigenvalue weighted by Crippen LogP contribution is -2.41. The Balaban J connectivity index is 1.73. The SMILES string of the molecule is C=C(CC(NC(=O)c1ccc(C(CC)Cc2ccc3nc(N)nc(N)c3c2)cc1)C(=O)O)C(=O)O. The Morgan fingerprint density at radius 3 is 2.34 bits per heavy atom. The molecule has 0 saturated carbocycles. The largest absolute Gasteiger partial charge is 0.480 e. The van der Waals surface area contributed by atoms with E-state index < -0.39 is 30.3 Å². The van der Waals surface area contributed by atoms with Crippen molar-refractivity contribution in [3.63, 3.8) is 0 Å². The summed E-state index contributed by atoms with van der Waals surface area (Å²) in [6.45, 7) is 5.39. The molecule has 35 heavy (non-hydrogen) atoms. The minimum atomic E-state index is -1.39. The van der Waals surface area contributed by atoms with Crippen molar-refractivity contribution in [3.05, 3.63) is 71.3 Å². The molecule has 1 heterocycles. The van der Waals surface area contributed by atoms with Crippen LogP contribution in [-0.4, -0.2) is 44.1 Å². The first-order valence-electron chi connectivity index (χ1n) is 10.9. The van der Waals surface area contributed by atoms with Crippen molar-refractivity contribution in [1.29, 1.82) is 0 Å². The monoisotopic (exact) mass is 477 g/mol. The van der Waals surface area contributed by atoms with Crippen LogP contribution in [0.4, 0.5) is 11.8 Å². The maximum atomic E-state index is 12.5. The Bertz CT molecular complexity index is 1290. The second kappa shape index (κ2) is 10.6. The summed E-state index contributed by atoms with van der Waals surface area (Å²) in [5.74, 6) is -2.66. The van der Waals surface area contributed by atoms with E-state index in [2.05, 4.69) is 28.8 Å². The number of carboxylic acid groups (broad SMARTS) is 2. The van der Waals surface area contributed by atoms with E-state index in [9.17, 15) is 19.5 Å². The van der Waals surface area contributed by atoms with Crippen LogP contribution in [0, 0.1) is 0 Å². The molecule has 3 aromatic rings. The molecule has 10 heteroatoms. The van der Waals surface area contributed by atoms with Gasteiger partial charge in [-0.25, -0.2) is 14.6 Å². The number of aromatic nitrogens is 2. The molecule has 0 bridgehead atoms. The van der Waals surface area contributed by atoms with Gasteiger partial charge < -0.3 is 27.0 Å². The average molecular weight is 478 g/mol. The third-order valence-electron chi connectivity index (χ3n) is 5.78. The molecule has 1 aromatic heterocycles. The summed E-state index contributed by atoms with van der Waals surface area (Å²) in [6.07, 6.45) is 1.16. The smallest absolute Gasteiger partial charge is 0.331 e. The number of hydrogen-bond acceptors (Lipinski definition) is 7. The Morgan fingerprint density at radius 1 is 1.06 bits per heavy atom. The highest BCUT2D eigenvalue weighted by atomic mass is 16.4. The number of rotatable bonds is 10. The van der Waals surface area contributed by atoms with E-state index in [0.29, 0.717) is 11.3 Å². The molecule has 0 aliphatic rings. The first kappa shape index (κ1) is 25.2. The fourth-order valence-electron chi connectivity index (χ4n) is 3.81. The predicted molar refractivity (Wildman–Crippen MR) is 132 cm³/mol. The summed E-state index contributed by atoms with van der Waals surface area (Å²) in [4.78, 5) is 43.1. The van der Waals surface area contributed by atoms with E-state index in [0.717, 1.165) is 29.4 Å². The van der Waals surface area contributed by atoms with E-state index in [-0.39, 0.29) is 23.0 Å². The molecule has 10 nitrogen and oxygen atoms in total. The van der Waals surface area contributed by atoms with Crippen LogP contribution in [-0.2, 0) is 16.0 Å². The Hall–Kier alpha value is -4.47. The number of nitrogens with one attached hydrogen (secondary N) is 1. The van der Waals surface area contributed by atoms with Crippen LogP contribution in [0.3, 0.4) is 0 Å². The molecule has 0 saturated heterocycles. The minimum absolute atomic E-state index is 0.125. The number of nitrogen functional groups attached to an aromatic ring is 2. The molecule has 2 unspecified atom stereocenters. The highest BCUT2D eigenvalue weighted by Crippen LogP contribution is 2.27. The van der Waals surface area contributed by atoms with Gasteiger partial charge in [0.25, 0.3) is 5.91 Å². The van der Waals surface area contributed by atoms with Crippen LogP contribution in [0.1, 0.15) is 47.2 Å². The van der Waals surface area contributed by atoms with Gasteiger partial charge >= 0.3 is 11.9 Å². The van der Waals surface area contributed by atoms with Crippen molar-refractivity contribution in [2.24, 2.45) is 0 Å². The zero-order valence-corrected chi connectivity index (χ0v) is 19.2. The van der Waals surface area contributed by atoms with Gasteiger partial charge in [0.1, 0.15) is 11.9 Å². The van der Waals surface area contributed by atoms with Gasteiger partial charge in [-0.1, -0.05) is 31.7 Å². The fourth-order valence-corrected chi connectivity index (χ4v) is 3.81. The van der Waals surface area contributed by atoms with E-state index >= 15 is 0 Å². The normalized spacial score (nSPS) is 12.6. The van der Waals surface area contributed by atoms with Crippen LogP contribution in [0.25, 0.3) is 10.9 Å². The lowest BCUT2D eigenvalue weighted by Gasteiger charge is -2.17. The van der Waals surface area contributed by atoms with E-state index in [4.69, 9.17) is 16.6 Å². The van der Waals surface area contributed by atoms with E-state index in [1.165, 1.54) is 0 Å². The summed E-state index contributed by atoms with van der Waals surface area (Å²) < 4.78 is 0. The lowest BCUT2D eigenvalue weighted by atomic mass is 9.89. The number of carbonyl (C=O) groups excluding carboxylic acids is 1. The van der Waals surface area contributed by atoms with Gasteiger partial charge in [0.2, 0.25) is 5.95 Å². The predicted octanol–water partition coefficient (Wildman–Crippen LogP) is 2.74. The van der Waals surface area contributed by atoms with Gasteiger partial charge in [0, 0.05) is 22.9 Å². The second-order valence-corrected chi connectivity index (χ2v) is 8.23. The Labute approximate surface area is 201 Å². The number of amides is 1. The van der Waals surface area contributed by atoms with Crippen LogP contribution in [0.5, 0.6) is 0 Å². The maximum Gasteiger partial charge on any atom is 0.331 e. The molecule has 0 fully saturated rings. The third-order valence-corrected chi connectivity index (χ3v) is 5.78. The summed E-state index contributed by atoms with van der Waals surface area (Å²) in [7, 11) is 0. The van der Waals surface area contributed by atoms with Gasteiger partial charge in [-0.15, -0.1) is 0 Å². The fraction of sp³-hybridized carbons (Fsp3) is 0.240. The number of nitrogens with zero attached hydrogens (tertiary/aromatic N) is 2. The number of benzene rings is 2. The van der Waals surface area contributed by atoms with Gasteiger partial charge in [0.15, 0.2) is 0 Å². The molecule has 182 valence electrons. The highest BCUT2D eigenvalue weighted by Gasteiger charge is 2.24. The van der Waals surface area contributed by atoms with Crippen molar-refractivity contribution >= 4 is 40.5 Å². The zero-order valence-electron chi connectivity index (χ0n) is 19.2. The van der Waals surface area contributed by atoms with Crippen LogP contribution in [0.15, 0.2) is 54.6 Å². The topological polar surface area (TPSA) is 182 Å². The molecule has 0 spiro atoms. The first-order valence-corrected chi connectivity index (χ1v) is 10.9. The van der Waals surface area contributed by atoms with Crippen LogP contribution >= 0.6 is 0 Å². The van der Waals surface area contributed by atoms with Gasteiger partial charge in [-0.05, 0) is 54.2 Å². The molecule has 1 amide bonds. The quantitative estimate of drug-likeness (QED) is 0.274. The van der Waals surface area contributed by atoms with Gasteiger partial charge in [-0.3, -0.25) is 4.79 Å². The molecule has 2 atom stereocenters. The zero-order chi connectivity index (χ0) is 25.7. The van der Waals surface area contributed by atoms with E-state index in [1.54, 1.807) is 12.1 Å². The van der Waals surface area contributed by atoms with Gasteiger partial charge in [0.05, 0.1) is 5.52 Å². The van der Waals surface area contributed by atoms with E-state index in [1.807, 2.05) is 30.3 Å². The Morgan fingerprint density at radius 2 is 1.74 bits per heavy atom. The molecular weight excluding hydrogens is 450 g/mol. The average Bonchev–Trinajstić information content (AvgIpc) is 2.82. The number of carboxylic acids is 2. The van der Waals surface area contributed by atoms with Crippen LogP contribution < -0.4 is 16.8 Å². The number of anilines is 2. The summed E-state index contributed by atoms with van der Waals surface area (Å²) >= 11 is 0. The number of fused-ring (bicyclic) bond motifs is 1. The third kappa shape index (κ3) is 6.11. The van der Waals surface area contributed by atoms with Crippen molar-refractivity contribution in [1.82, 2.24) is 15.3 Å². The summed E-state index contributed by atoms with van der Waals surface area (Å²) in [6, 6.07) is 11.3. The highest BCUT2D eigenvalue weighted by molar-refractivity contribution is 5.97. The molecule has 7 N–H and O–H groups in total. The number of carbonyl (C=O) groups is 3. The van der Waals surface area contributed by atoms with Crippen molar-refractivity contribution < 1.29 is 24.6 Å².